The lowest BCUT2D eigenvalue weighted by Gasteiger charge is -2.09. The summed E-state index contributed by atoms with van der Waals surface area (Å²) in [5.74, 6) is 0. The number of alkyl halides is 3. The van der Waals surface area contributed by atoms with Crippen molar-refractivity contribution in [3.05, 3.63) is 41.0 Å². The third-order valence-electron chi connectivity index (χ3n) is 1.95. The summed E-state index contributed by atoms with van der Waals surface area (Å²) in [5.41, 5.74) is 4.09. The number of nitriles is 1. The molecule has 0 aromatic heterocycles. The van der Waals surface area contributed by atoms with Gasteiger partial charge >= 0.3 is 6.18 Å². The molecule has 1 rings (SSSR count). The van der Waals surface area contributed by atoms with Crippen molar-refractivity contribution >= 4 is 23.3 Å². The van der Waals surface area contributed by atoms with Gasteiger partial charge in [0.15, 0.2) is 0 Å². The molecule has 0 radical (unpaired) electrons. The molecule has 0 heterocycles. The highest BCUT2D eigenvalue weighted by Crippen LogP contribution is 2.32. The van der Waals surface area contributed by atoms with Crippen LogP contribution in [0.4, 0.5) is 13.2 Å². The normalized spacial score (nSPS) is 12.0. The van der Waals surface area contributed by atoms with Gasteiger partial charge in [-0.25, -0.2) is 0 Å². The van der Waals surface area contributed by atoms with Crippen LogP contribution in [0.15, 0.2) is 29.8 Å². The molecular formula is C11H7F3N2S. The summed E-state index contributed by atoms with van der Waals surface area (Å²) in [7, 11) is 0. The van der Waals surface area contributed by atoms with Crippen molar-refractivity contribution < 1.29 is 13.2 Å². The van der Waals surface area contributed by atoms with Crippen LogP contribution in [0.5, 0.6) is 0 Å². The molecule has 0 saturated heterocycles. The maximum Gasteiger partial charge on any atom is 0.416 e. The summed E-state index contributed by atoms with van der Waals surface area (Å²) in [5, 5.41) is 8.68. The average Bonchev–Trinajstić information content (AvgIpc) is 2.24. The molecule has 0 bridgehead atoms. The van der Waals surface area contributed by atoms with Crippen molar-refractivity contribution in [2.45, 2.75) is 6.18 Å². The Morgan fingerprint density at radius 1 is 1.35 bits per heavy atom. The summed E-state index contributed by atoms with van der Waals surface area (Å²) in [6.07, 6.45) is -3.45. The van der Waals surface area contributed by atoms with Crippen LogP contribution in [-0.4, -0.2) is 4.99 Å². The van der Waals surface area contributed by atoms with Gasteiger partial charge in [-0.05, 0) is 17.7 Å². The molecule has 0 spiro atoms. The Morgan fingerprint density at radius 2 is 1.94 bits per heavy atom. The van der Waals surface area contributed by atoms with Crippen LogP contribution < -0.4 is 5.73 Å². The molecular weight excluding hydrogens is 249 g/mol. The van der Waals surface area contributed by atoms with E-state index in [1.165, 1.54) is 18.2 Å². The van der Waals surface area contributed by atoms with Crippen LogP contribution in [0.3, 0.4) is 0 Å². The van der Waals surface area contributed by atoms with Crippen LogP contribution in [0.1, 0.15) is 11.1 Å². The maximum absolute atomic E-state index is 12.6. The number of benzene rings is 1. The Morgan fingerprint density at radius 3 is 2.41 bits per heavy atom. The molecule has 0 amide bonds. The minimum absolute atomic E-state index is 0.135. The van der Waals surface area contributed by atoms with E-state index in [1.807, 2.05) is 0 Å². The average molecular weight is 256 g/mol. The molecule has 6 heteroatoms. The number of halogens is 3. The fraction of sp³-hybridized carbons (Fsp3) is 0.0909. The van der Waals surface area contributed by atoms with Gasteiger partial charge in [0.2, 0.25) is 0 Å². The summed E-state index contributed by atoms with van der Waals surface area (Å²) >= 11 is 4.56. The Kier molecular flexibility index (Phi) is 3.86. The third-order valence-corrected chi connectivity index (χ3v) is 2.17. The molecule has 1 aromatic carbocycles. The second-order valence-corrected chi connectivity index (χ2v) is 3.56. The second kappa shape index (κ2) is 4.97. The second-order valence-electron chi connectivity index (χ2n) is 3.12. The van der Waals surface area contributed by atoms with Gasteiger partial charge in [-0.1, -0.05) is 30.4 Å². The van der Waals surface area contributed by atoms with Gasteiger partial charge in [0.05, 0.1) is 11.1 Å². The molecule has 0 unspecified atom stereocenters. The topological polar surface area (TPSA) is 49.8 Å². The highest BCUT2D eigenvalue weighted by molar-refractivity contribution is 7.80. The highest BCUT2D eigenvalue weighted by Gasteiger charge is 2.32. The van der Waals surface area contributed by atoms with Crippen molar-refractivity contribution in [2.75, 3.05) is 0 Å². The van der Waals surface area contributed by atoms with E-state index in [0.717, 1.165) is 12.1 Å². The molecule has 0 aliphatic rings. The zero-order valence-corrected chi connectivity index (χ0v) is 9.27. The van der Waals surface area contributed by atoms with E-state index in [0.29, 0.717) is 0 Å². The van der Waals surface area contributed by atoms with Gasteiger partial charge in [-0.2, -0.15) is 18.4 Å². The first-order chi connectivity index (χ1) is 7.86. The van der Waals surface area contributed by atoms with E-state index < -0.39 is 11.7 Å². The number of thiocarbonyl (C=S) groups is 1. The fourth-order valence-corrected chi connectivity index (χ4v) is 1.30. The molecule has 0 aliphatic carbocycles. The Hall–Kier alpha value is -1.87. The van der Waals surface area contributed by atoms with Gasteiger partial charge in [0, 0.05) is 0 Å². The number of nitrogens with zero attached hydrogens (tertiary/aromatic N) is 1. The van der Waals surface area contributed by atoms with Gasteiger partial charge in [-0.3, -0.25) is 0 Å². The van der Waals surface area contributed by atoms with Crippen LogP contribution in [-0.2, 0) is 6.18 Å². The molecule has 88 valence electrons. The van der Waals surface area contributed by atoms with Crippen molar-refractivity contribution in [1.29, 1.82) is 5.26 Å². The summed E-state index contributed by atoms with van der Waals surface area (Å²) in [4.78, 5) is -0.232. The molecule has 0 saturated carbocycles. The Balaban J connectivity index is 3.34. The van der Waals surface area contributed by atoms with E-state index in [4.69, 9.17) is 11.0 Å². The molecule has 0 fully saturated rings. The predicted molar refractivity (Wildman–Crippen MR) is 61.8 cm³/mol. The van der Waals surface area contributed by atoms with Crippen molar-refractivity contribution in [3.63, 3.8) is 0 Å². The zero-order chi connectivity index (χ0) is 13.1. The quantitative estimate of drug-likeness (QED) is 0.503. The van der Waals surface area contributed by atoms with Crippen LogP contribution in [0.25, 0.3) is 6.08 Å². The SMILES string of the molecule is N#CC(=Cc1ccccc1C(F)(F)F)C(N)=S. The number of rotatable bonds is 2. The van der Waals surface area contributed by atoms with Gasteiger partial charge < -0.3 is 5.73 Å². The zero-order valence-electron chi connectivity index (χ0n) is 8.45. The van der Waals surface area contributed by atoms with Crippen LogP contribution >= 0.6 is 12.2 Å². The summed E-state index contributed by atoms with van der Waals surface area (Å²) in [6, 6.07) is 6.55. The summed E-state index contributed by atoms with van der Waals surface area (Å²) in [6.45, 7) is 0. The minimum atomic E-state index is -4.48. The van der Waals surface area contributed by atoms with Gasteiger partial charge in [0.25, 0.3) is 0 Å². The molecule has 2 N–H and O–H groups in total. The molecule has 2 nitrogen and oxygen atoms in total. The third kappa shape index (κ3) is 3.29. The Bertz CT molecular complexity index is 512. The first-order valence-electron chi connectivity index (χ1n) is 4.44. The van der Waals surface area contributed by atoms with Crippen molar-refractivity contribution in [3.8, 4) is 6.07 Å². The number of hydrogen-bond acceptors (Lipinski definition) is 2. The van der Waals surface area contributed by atoms with Crippen molar-refractivity contribution in [2.24, 2.45) is 5.73 Å². The molecule has 17 heavy (non-hydrogen) atoms. The highest BCUT2D eigenvalue weighted by atomic mass is 32.1. The van der Waals surface area contributed by atoms with Crippen molar-refractivity contribution in [1.82, 2.24) is 0 Å². The van der Waals surface area contributed by atoms with E-state index in [9.17, 15) is 13.2 Å². The largest absolute Gasteiger partial charge is 0.416 e. The van der Waals surface area contributed by atoms with E-state index >= 15 is 0 Å². The number of hydrogen-bond donors (Lipinski definition) is 1. The minimum Gasteiger partial charge on any atom is -0.389 e. The lowest BCUT2D eigenvalue weighted by atomic mass is 10.0. The predicted octanol–water partition coefficient (Wildman–Crippen LogP) is 2.90. The molecule has 0 atom stereocenters. The van der Waals surface area contributed by atoms with Gasteiger partial charge in [-0.15, -0.1) is 0 Å². The molecule has 0 aliphatic heterocycles. The Labute approximate surface area is 101 Å². The van der Waals surface area contributed by atoms with Gasteiger partial charge in [0.1, 0.15) is 11.1 Å². The van der Waals surface area contributed by atoms with E-state index in [-0.39, 0.29) is 16.1 Å². The number of nitrogens with two attached hydrogens (primary N) is 1. The lowest BCUT2D eigenvalue weighted by Crippen LogP contribution is -2.11. The maximum atomic E-state index is 12.6. The molecule has 1 aromatic rings. The summed E-state index contributed by atoms with van der Waals surface area (Å²) < 4.78 is 37.9. The van der Waals surface area contributed by atoms with E-state index in [1.54, 1.807) is 6.07 Å². The standard InChI is InChI=1S/C11H7F3N2S/c12-11(13,14)9-4-2-1-3-7(9)5-8(6-15)10(16)17/h1-5H,(H2,16,17). The van der Waals surface area contributed by atoms with Crippen LogP contribution in [0, 0.1) is 11.3 Å². The van der Waals surface area contributed by atoms with Crippen LogP contribution in [0.2, 0.25) is 0 Å². The fourth-order valence-electron chi connectivity index (χ4n) is 1.20. The first kappa shape index (κ1) is 13.2. The van der Waals surface area contributed by atoms with E-state index in [2.05, 4.69) is 12.2 Å². The lowest BCUT2D eigenvalue weighted by molar-refractivity contribution is -0.137. The smallest absolute Gasteiger partial charge is 0.389 e. The monoisotopic (exact) mass is 256 g/mol. The first-order valence-corrected chi connectivity index (χ1v) is 4.85.